The van der Waals surface area contributed by atoms with Gasteiger partial charge in [0, 0.05) is 19.8 Å². The maximum Gasteiger partial charge on any atom is 0.211 e. The van der Waals surface area contributed by atoms with Gasteiger partial charge in [0.25, 0.3) is 0 Å². The highest BCUT2D eigenvalue weighted by Gasteiger charge is 2.16. The Morgan fingerprint density at radius 2 is 2.14 bits per heavy atom. The minimum absolute atomic E-state index is 0.0529. The van der Waals surface area contributed by atoms with Gasteiger partial charge in [0.1, 0.15) is 0 Å². The van der Waals surface area contributed by atoms with Crippen molar-refractivity contribution in [2.24, 2.45) is 0 Å². The largest absolute Gasteiger partial charge is 0.396 e. The lowest BCUT2D eigenvalue weighted by Gasteiger charge is -2.16. The maximum absolute atomic E-state index is 11.3. The molecule has 0 aliphatic heterocycles. The van der Waals surface area contributed by atoms with Gasteiger partial charge in [0.2, 0.25) is 10.0 Å². The zero-order valence-corrected chi connectivity index (χ0v) is 9.51. The van der Waals surface area contributed by atoms with Gasteiger partial charge in [-0.05, 0) is 12.8 Å². The number of rotatable bonds is 8. The van der Waals surface area contributed by atoms with Gasteiger partial charge >= 0.3 is 0 Å². The fourth-order valence-electron chi connectivity index (χ4n) is 1.11. The molecule has 0 spiro atoms. The molecule has 86 valence electrons. The molecule has 0 radical (unpaired) electrons. The molecule has 0 amide bonds. The summed E-state index contributed by atoms with van der Waals surface area (Å²) in [6, 6.07) is -0.332. The number of sulfonamides is 1. The minimum Gasteiger partial charge on any atom is -0.396 e. The molecule has 0 aromatic heterocycles. The summed E-state index contributed by atoms with van der Waals surface area (Å²) in [6.07, 6.45) is 0.949. The number of aliphatic hydroxyl groups excluding tert-OH is 1. The minimum atomic E-state index is -3.22. The molecule has 0 saturated heterocycles. The van der Waals surface area contributed by atoms with Crippen LogP contribution in [0.25, 0.3) is 0 Å². The predicted octanol–water partition coefficient (Wildman–Crippen LogP) is -0.287. The van der Waals surface area contributed by atoms with Crippen LogP contribution in [-0.2, 0) is 14.8 Å². The molecule has 5 nitrogen and oxygen atoms in total. The molecule has 6 heteroatoms. The summed E-state index contributed by atoms with van der Waals surface area (Å²) in [5.41, 5.74) is 0. The van der Waals surface area contributed by atoms with Gasteiger partial charge in [-0.3, -0.25) is 0 Å². The predicted molar refractivity (Wildman–Crippen MR) is 54.6 cm³/mol. The van der Waals surface area contributed by atoms with E-state index in [1.54, 1.807) is 6.92 Å². The van der Waals surface area contributed by atoms with Crippen molar-refractivity contribution in [2.75, 3.05) is 26.1 Å². The first-order chi connectivity index (χ1) is 6.55. The molecule has 2 N–H and O–H groups in total. The number of ether oxygens (including phenoxy) is 1. The highest BCUT2D eigenvalue weighted by molar-refractivity contribution is 7.89. The molecule has 1 atom stereocenters. The van der Waals surface area contributed by atoms with Crippen molar-refractivity contribution in [1.82, 2.24) is 4.72 Å². The Labute approximate surface area is 85.5 Å². The molecule has 0 saturated carbocycles. The van der Waals surface area contributed by atoms with E-state index in [1.807, 2.05) is 0 Å². The van der Waals surface area contributed by atoms with Gasteiger partial charge in [0.15, 0.2) is 0 Å². The Morgan fingerprint density at radius 3 is 2.57 bits per heavy atom. The van der Waals surface area contributed by atoms with Crippen LogP contribution in [-0.4, -0.2) is 45.6 Å². The monoisotopic (exact) mass is 225 g/mol. The summed E-state index contributed by atoms with van der Waals surface area (Å²) in [7, 11) is -1.72. The SMILES string of the molecule is CCCS(=O)(=O)NC(CCO)COC. The molecule has 0 aromatic carbocycles. The summed E-state index contributed by atoms with van der Waals surface area (Å²) in [6.45, 7) is 2.03. The van der Waals surface area contributed by atoms with Crippen molar-refractivity contribution < 1.29 is 18.3 Å². The lowest BCUT2D eigenvalue weighted by Crippen LogP contribution is -2.39. The van der Waals surface area contributed by atoms with Crippen molar-refractivity contribution in [1.29, 1.82) is 0 Å². The quantitative estimate of drug-likeness (QED) is 0.595. The number of nitrogens with one attached hydrogen (secondary N) is 1. The number of methoxy groups -OCH3 is 1. The summed E-state index contributed by atoms with van der Waals surface area (Å²) in [5, 5.41) is 8.70. The van der Waals surface area contributed by atoms with E-state index in [0.29, 0.717) is 12.8 Å². The van der Waals surface area contributed by atoms with E-state index in [9.17, 15) is 8.42 Å². The molecular weight excluding hydrogens is 206 g/mol. The van der Waals surface area contributed by atoms with Crippen LogP contribution < -0.4 is 4.72 Å². The first kappa shape index (κ1) is 13.8. The topological polar surface area (TPSA) is 75.6 Å². The normalized spacial score (nSPS) is 14.2. The van der Waals surface area contributed by atoms with E-state index in [4.69, 9.17) is 9.84 Å². The Balaban J connectivity index is 4.13. The summed E-state index contributed by atoms with van der Waals surface area (Å²) in [5.74, 6) is 0.110. The Morgan fingerprint density at radius 1 is 1.50 bits per heavy atom. The van der Waals surface area contributed by atoms with E-state index in [0.717, 1.165) is 0 Å². The van der Waals surface area contributed by atoms with E-state index in [2.05, 4.69) is 4.72 Å². The van der Waals surface area contributed by atoms with E-state index in [-0.39, 0.29) is 25.0 Å². The number of hydrogen-bond donors (Lipinski definition) is 2. The zero-order chi connectivity index (χ0) is 11.0. The van der Waals surface area contributed by atoms with Crippen LogP contribution >= 0.6 is 0 Å². The third kappa shape index (κ3) is 6.31. The van der Waals surface area contributed by atoms with Crippen LogP contribution in [0.5, 0.6) is 0 Å². The molecule has 0 aromatic rings. The first-order valence-electron chi connectivity index (χ1n) is 4.65. The van der Waals surface area contributed by atoms with Crippen molar-refractivity contribution in [3.8, 4) is 0 Å². The Hall–Kier alpha value is -0.170. The van der Waals surface area contributed by atoms with E-state index < -0.39 is 10.0 Å². The van der Waals surface area contributed by atoms with Gasteiger partial charge < -0.3 is 9.84 Å². The molecule has 14 heavy (non-hydrogen) atoms. The van der Waals surface area contributed by atoms with Crippen LogP contribution in [0.2, 0.25) is 0 Å². The zero-order valence-electron chi connectivity index (χ0n) is 8.69. The smallest absolute Gasteiger partial charge is 0.211 e. The molecule has 0 bridgehead atoms. The number of hydrogen-bond acceptors (Lipinski definition) is 4. The Bertz CT molecular complexity index is 221. The first-order valence-corrected chi connectivity index (χ1v) is 6.30. The maximum atomic E-state index is 11.3. The van der Waals surface area contributed by atoms with Crippen LogP contribution in [0.1, 0.15) is 19.8 Å². The standard InChI is InChI=1S/C8H19NO4S/c1-3-6-14(11,12)9-8(4-5-10)7-13-2/h8-10H,3-7H2,1-2H3. The van der Waals surface area contributed by atoms with Gasteiger partial charge in [-0.15, -0.1) is 0 Å². The third-order valence-electron chi connectivity index (χ3n) is 1.66. The fraction of sp³-hybridized carbons (Fsp3) is 1.00. The summed E-state index contributed by atoms with van der Waals surface area (Å²) < 4.78 is 30.0. The van der Waals surface area contributed by atoms with Gasteiger partial charge in [0.05, 0.1) is 12.4 Å². The second kappa shape index (κ2) is 7.17. The highest BCUT2D eigenvalue weighted by Crippen LogP contribution is 1.97. The molecule has 0 aliphatic carbocycles. The van der Waals surface area contributed by atoms with Crippen molar-refractivity contribution in [2.45, 2.75) is 25.8 Å². The van der Waals surface area contributed by atoms with Gasteiger partial charge in [-0.25, -0.2) is 13.1 Å². The van der Waals surface area contributed by atoms with Crippen LogP contribution in [0.15, 0.2) is 0 Å². The number of aliphatic hydroxyl groups is 1. The second-order valence-electron chi connectivity index (χ2n) is 3.10. The molecule has 0 heterocycles. The van der Waals surface area contributed by atoms with E-state index >= 15 is 0 Å². The van der Waals surface area contributed by atoms with Gasteiger partial charge in [-0.2, -0.15) is 0 Å². The van der Waals surface area contributed by atoms with Crippen molar-refractivity contribution >= 4 is 10.0 Å². The van der Waals surface area contributed by atoms with Crippen molar-refractivity contribution in [3.05, 3.63) is 0 Å². The fourth-order valence-corrected chi connectivity index (χ4v) is 2.46. The third-order valence-corrected chi connectivity index (χ3v) is 3.30. The van der Waals surface area contributed by atoms with Crippen LogP contribution in [0, 0.1) is 0 Å². The Kier molecular flexibility index (Phi) is 7.08. The van der Waals surface area contributed by atoms with Gasteiger partial charge in [-0.1, -0.05) is 6.92 Å². The van der Waals surface area contributed by atoms with E-state index in [1.165, 1.54) is 7.11 Å². The van der Waals surface area contributed by atoms with Crippen LogP contribution in [0.3, 0.4) is 0 Å². The molecule has 0 fully saturated rings. The average Bonchev–Trinajstić information content (AvgIpc) is 2.03. The molecule has 0 aliphatic rings. The molecule has 0 rings (SSSR count). The molecular formula is C8H19NO4S. The highest BCUT2D eigenvalue weighted by atomic mass is 32.2. The van der Waals surface area contributed by atoms with Crippen molar-refractivity contribution in [3.63, 3.8) is 0 Å². The molecule has 1 unspecified atom stereocenters. The average molecular weight is 225 g/mol. The summed E-state index contributed by atoms with van der Waals surface area (Å²) in [4.78, 5) is 0. The second-order valence-corrected chi connectivity index (χ2v) is 4.97. The lowest BCUT2D eigenvalue weighted by molar-refractivity contribution is 0.158. The van der Waals surface area contributed by atoms with Crippen LogP contribution in [0.4, 0.5) is 0 Å². The lowest BCUT2D eigenvalue weighted by atomic mass is 10.2. The summed E-state index contributed by atoms with van der Waals surface area (Å²) >= 11 is 0.